The largest absolute Gasteiger partial charge is 0.483 e. The number of nitrogens with zero attached hydrogens (tertiary/aromatic N) is 9. The Balaban J connectivity index is 1.26. The Labute approximate surface area is 267 Å². The molecule has 3 N–H and O–H groups in total. The molecule has 1 aromatic carbocycles. The van der Waals surface area contributed by atoms with Crippen LogP contribution in [-0.2, 0) is 25.6 Å². The Hall–Kier alpha value is -4.90. The molecular formula is C27H32ClN11O7. The molecule has 46 heavy (non-hydrogen) atoms. The van der Waals surface area contributed by atoms with E-state index < -0.39 is 36.5 Å². The number of anilines is 1. The monoisotopic (exact) mass is 657 g/mol. The summed E-state index contributed by atoms with van der Waals surface area (Å²) in [6, 6.07) is 3.84. The van der Waals surface area contributed by atoms with E-state index in [4.69, 9.17) is 31.3 Å². The number of nitrogens with one attached hydrogen (secondary N) is 2. The van der Waals surface area contributed by atoms with Gasteiger partial charge in [0, 0.05) is 55.3 Å². The first-order valence-corrected chi connectivity index (χ1v) is 14.7. The first-order chi connectivity index (χ1) is 22.2. The van der Waals surface area contributed by atoms with Gasteiger partial charge in [0.25, 0.3) is 5.91 Å². The summed E-state index contributed by atoms with van der Waals surface area (Å²) in [5.41, 5.74) is 10.2. The number of likely N-dealkylation sites (N-methyl/N-ethyl adjacent to an activating group) is 1. The van der Waals surface area contributed by atoms with Gasteiger partial charge in [-0.15, -0.1) is 0 Å². The fourth-order valence-electron chi connectivity index (χ4n) is 5.19. The van der Waals surface area contributed by atoms with Crippen LogP contribution < -0.4 is 15.4 Å². The van der Waals surface area contributed by atoms with Crippen LogP contribution in [0.4, 0.5) is 10.6 Å². The number of piperazine rings is 1. The van der Waals surface area contributed by atoms with Crippen molar-refractivity contribution in [3.63, 3.8) is 0 Å². The van der Waals surface area contributed by atoms with Gasteiger partial charge < -0.3 is 39.8 Å². The molecule has 0 saturated carbocycles. The van der Waals surface area contributed by atoms with E-state index in [1.165, 1.54) is 24.3 Å². The van der Waals surface area contributed by atoms with E-state index in [1.54, 1.807) is 34.9 Å². The fraction of sp³-hybridized carbons (Fsp3) is 0.481. The number of rotatable bonds is 10. The van der Waals surface area contributed by atoms with Gasteiger partial charge in [-0.05, 0) is 30.7 Å². The van der Waals surface area contributed by atoms with Gasteiger partial charge in [-0.3, -0.25) is 14.2 Å². The zero-order valence-electron chi connectivity index (χ0n) is 24.9. The Morgan fingerprint density at radius 2 is 1.96 bits per heavy atom. The van der Waals surface area contributed by atoms with E-state index in [0.717, 1.165) is 0 Å². The molecule has 0 spiro atoms. The minimum atomic E-state index is -1.36. The number of carbonyl (C=O) groups excluding carboxylic acids is 3. The SMILES string of the molecule is CCOC(=O)N1CCN(C(=O)COc2ccc(Cl)cc2CNc2ncnc3c2ncn3[C@@H]2O[C@H](C(=O)NC)[C@@H](N=[N+]=[N-])[C@H]2O)CC1. The zero-order chi connectivity index (χ0) is 32.8. The maximum Gasteiger partial charge on any atom is 0.409 e. The van der Waals surface area contributed by atoms with Crippen molar-refractivity contribution in [1.82, 2.24) is 34.6 Å². The molecule has 0 radical (unpaired) electrons. The van der Waals surface area contributed by atoms with E-state index in [2.05, 4.69) is 35.6 Å². The standard InChI is InChI=1S/C27H32ClN11O7/c1-3-44-27(43)38-8-6-37(7-9-38)18(40)12-45-17-5-4-16(28)10-15(17)11-31-23-20-24(33-13-32-23)39(14-34-20)26-21(41)19(35-36-29)22(46-26)25(42)30-2/h4-5,10,13-14,19,21-22,26,41H,3,6-9,11-12H2,1-2H3,(H,30,42)(H,31,32,33)/t19-,21+,22-,26+/m0/s1. The van der Waals surface area contributed by atoms with Crippen LogP contribution in [0.25, 0.3) is 21.6 Å². The Kier molecular flexibility index (Phi) is 10.2. The molecule has 244 valence electrons. The number of aliphatic hydroxyl groups is 1. The number of halogens is 1. The number of ether oxygens (including phenoxy) is 3. The molecule has 2 aromatic heterocycles. The highest BCUT2D eigenvalue weighted by atomic mass is 35.5. The molecule has 3 amide bonds. The third-order valence-electron chi connectivity index (χ3n) is 7.54. The number of amides is 3. The highest BCUT2D eigenvalue weighted by Gasteiger charge is 2.48. The van der Waals surface area contributed by atoms with Gasteiger partial charge in [-0.2, -0.15) is 0 Å². The van der Waals surface area contributed by atoms with Crippen molar-refractivity contribution in [2.75, 3.05) is 51.8 Å². The van der Waals surface area contributed by atoms with Crippen LogP contribution in [0.2, 0.25) is 5.02 Å². The van der Waals surface area contributed by atoms with Crippen molar-refractivity contribution in [1.29, 1.82) is 0 Å². The van der Waals surface area contributed by atoms with Crippen LogP contribution >= 0.6 is 11.6 Å². The smallest absolute Gasteiger partial charge is 0.409 e. The molecule has 18 nitrogen and oxygen atoms in total. The molecule has 5 rings (SSSR count). The third kappa shape index (κ3) is 6.84. The molecule has 19 heteroatoms. The molecule has 2 fully saturated rings. The van der Waals surface area contributed by atoms with Gasteiger partial charge in [-0.1, -0.05) is 16.7 Å². The minimum absolute atomic E-state index is 0.182. The fourth-order valence-corrected chi connectivity index (χ4v) is 5.39. The molecule has 2 aliphatic rings. The quantitative estimate of drug-likeness (QED) is 0.161. The number of benzene rings is 1. The second-order valence-electron chi connectivity index (χ2n) is 10.3. The summed E-state index contributed by atoms with van der Waals surface area (Å²) in [6.45, 7) is 3.48. The van der Waals surface area contributed by atoms with Crippen LogP contribution in [-0.4, -0.2) is 117 Å². The second-order valence-corrected chi connectivity index (χ2v) is 10.7. The maximum absolute atomic E-state index is 12.9. The molecule has 3 aromatic rings. The predicted molar refractivity (Wildman–Crippen MR) is 162 cm³/mol. The molecule has 2 saturated heterocycles. The molecule has 4 heterocycles. The highest BCUT2D eigenvalue weighted by Crippen LogP contribution is 2.34. The van der Waals surface area contributed by atoms with Crippen LogP contribution in [0, 0.1) is 0 Å². The van der Waals surface area contributed by atoms with Gasteiger partial charge in [0.15, 0.2) is 29.8 Å². The van der Waals surface area contributed by atoms with E-state index >= 15 is 0 Å². The first-order valence-electron chi connectivity index (χ1n) is 14.4. The highest BCUT2D eigenvalue weighted by molar-refractivity contribution is 6.30. The number of azide groups is 1. The van der Waals surface area contributed by atoms with Crippen molar-refractivity contribution >= 4 is 46.5 Å². The molecule has 0 bridgehead atoms. The van der Waals surface area contributed by atoms with Crippen molar-refractivity contribution in [2.45, 2.75) is 37.9 Å². The van der Waals surface area contributed by atoms with Crippen molar-refractivity contribution in [2.24, 2.45) is 5.11 Å². The molecule has 2 aliphatic heterocycles. The lowest BCUT2D eigenvalue weighted by molar-refractivity contribution is -0.135. The summed E-state index contributed by atoms with van der Waals surface area (Å²) < 4.78 is 18.1. The third-order valence-corrected chi connectivity index (χ3v) is 7.77. The summed E-state index contributed by atoms with van der Waals surface area (Å²) >= 11 is 6.27. The van der Waals surface area contributed by atoms with Gasteiger partial charge in [0.1, 0.15) is 30.3 Å². The first kappa shape index (κ1) is 32.5. The van der Waals surface area contributed by atoms with Crippen LogP contribution in [0.1, 0.15) is 18.7 Å². The van der Waals surface area contributed by atoms with Crippen LogP contribution in [0.5, 0.6) is 5.75 Å². The normalized spacial score (nSPS) is 21.0. The van der Waals surface area contributed by atoms with Gasteiger partial charge in [-0.25, -0.2) is 19.7 Å². The number of aromatic nitrogens is 4. The summed E-state index contributed by atoms with van der Waals surface area (Å²) in [4.78, 5) is 56.0. The van der Waals surface area contributed by atoms with Gasteiger partial charge in [0.2, 0.25) is 5.91 Å². The Bertz CT molecular complexity index is 1640. The van der Waals surface area contributed by atoms with E-state index in [9.17, 15) is 19.5 Å². The van der Waals surface area contributed by atoms with Gasteiger partial charge in [0.05, 0.1) is 12.9 Å². The molecular weight excluding hydrogens is 626 g/mol. The predicted octanol–water partition coefficient (Wildman–Crippen LogP) is 1.45. The summed E-state index contributed by atoms with van der Waals surface area (Å²) in [6.07, 6.45) is -1.43. The zero-order valence-corrected chi connectivity index (χ0v) is 25.7. The van der Waals surface area contributed by atoms with E-state index in [0.29, 0.717) is 53.8 Å². The molecule has 0 aliphatic carbocycles. The average Bonchev–Trinajstić information content (AvgIpc) is 3.64. The lowest BCUT2D eigenvalue weighted by Gasteiger charge is -2.34. The summed E-state index contributed by atoms with van der Waals surface area (Å²) in [7, 11) is 1.40. The maximum atomic E-state index is 12.9. The number of fused-ring (bicyclic) bond motifs is 1. The number of aliphatic hydroxyl groups excluding tert-OH is 1. The van der Waals surface area contributed by atoms with Crippen molar-refractivity contribution in [3.8, 4) is 5.75 Å². The Morgan fingerprint density at radius 3 is 2.67 bits per heavy atom. The molecule has 4 atom stereocenters. The number of carbonyl (C=O) groups is 3. The minimum Gasteiger partial charge on any atom is -0.483 e. The lowest BCUT2D eigenvalue weighted by Crippen LogP contribution is -2.51. The van der Waals surface area contributed by atoms with Crippen molar-refractivity contribution < 1.29 is 33.7 Å². The van der Waals surface area contributed by atoms with Crippen molar-refractivity contribution in [3.05, 3.63) is 51.9 Å². The van der Waals surface area contributed by atoms with E-state index in [1.807, 2.05) is 0 Å². The number of hydrogen-bond acceptors (Lipinski definition) is 12. The molecule has 0 unspecified atom stereocenters. The average molecular weight is 658 g/mol. The van der Waals surface area contributed by atoms with E-state index in [-0.39, 0.29) is 31.3 Å². The number of hydrogen-bond donors (Lipinski definition) is 3. The van der Waals surface area contributed by atoms with Crippen LogP contribution in [0.3, 0.4) is 0 Å². The van der Waals surface area contributed by atoms with Gasteiger partial charge >= 0.3 is 6.09 Å². The summed E-state index contributed by atoms with van der Waals surface area (Å²) in [5, 5.41) is 20.5. The lowest BCUT2D eigenvalue weighted by atomic mass is 10.1. The summed E-state index contributed by atoms with van der Waals surface area (Å²) in [5.74, 6) is -0.0125. The number of imidazole rings is 1. The van der Waals surface area contributed by atoms with Crippen LogP contribution in [0.15, 0.2) is 36.0 Å². The Morgan fingerprint density at radius 1 is 1.20 bits per heavy atom. The topological polar surface area (TPSA) is 222 Å². The second kappa shape index (κ2) is 14.5.